The molecule has 370 valence electrons. The largest absolute Gasteiger partial charge is 0.462 e. The third-order valence-corrected chi connectivity index (χ3v) is 11.2. The summed E-state index contributed by atoms with van der Waals surface area (Å²) in [5.74, 6) is -0.936. The van der Waals surface area contributed by atoms with E-state index in [0.717, 1.165) is 122 Å². The average molecular weight is 903 g/mol. The molecule has 0 fully saturated rings. The highest BCUT2D eigenvalue weighted by Gasteiger charge is 2.19. The fraction of sp³-hybridized carbons (Fsp3) is 0.678. The van der Waals surface area contributed by atoms with Crippen molar-refractivity contribution in [1.29, 1.82) is 0 Å². The van der Waals surface area contributed by atoms with Crippen LogP contribution in [-0.4, -0.2) is 37.2 Å². The molecule has 0 aliphatic rings. The number of hydrogen-bond donors (Lipinski definition) is 0. The van der Waals surface area contributed by atoms with E-state index in [9.17, 15) is 14.4 Å². The molecule has 0 aromatic rings. The summed E-state index contributed by atoms with van der Waals surface area (Å²) in [6.45, 7) is 6.35. The zero-order valence-electron chi connectivity index (χ0n) is 42.2. The number of unbranched alkanes of at least 4 members (excludes halogenated alkanes) is 24. The molecule has 0 aliphatic carbocycles. The quantitative estimate of drug-likeness (QED) is 0.0199. The minimum atomic E-state index is -0.797. The fourth-order valence-electron chi connectivity index (χ4n) is 7.19. The van der Waals surface area contributed by atoms with E-state index >= 15 is 0 Å². The molecule has 1 unspecified atom stereocenters. The average Bonchev–Trinajstić information content (AvgIpc) is 3.30. The molecule has 0 aromatic carbocycles. The number of rotatable bonds is 47. The highest BCUT2D eigenvalue weighted by molar-refractivity contribution is 5.71. The van der Waals surface area contributed by atoms with E-state index in [0.29, 0.717) is 19.3 Å². The molecule has 0 spiro atoms. The number of carbonyl (C=O) groups is 3. The molecule has 0 aliphatic heterocycles. The lowest BCUT2D eigenvalue weighted by Gasteiger charge is -2.18. The third kappa shape index (κ3) is 51.2. The number of esters is 3. The van der Waals surface area contributed by atoms with Gasteiger partial charge in [0.25, 0.3) is 0 Å². The maximum atomic E-state index is 12.8. The maximum Gasteiger partial charge on any atom is 0.306 e. The fourth-order valence-corrected chi connectivity index (χ4v) is 7.19. The van der Waals surface area contributed by atoms with Crippen LogP contribution in [0, 0.1) is 0 Å². The second kappa shape index (κ2) is 52.9. The Morgan fingerprint density at radius 3 is 1.09 bits per heavy atom. The Balaban J connectivity index is 4.46. The predicted molar refractivity (Wildman–Crippen MR) is 279 cm³/mol. The van der Waals surface area contributed by atoms with Gasteiger partial charge in [0.2, 0.25) is 0 Å². The van der Waals surface area contributed by atoms with Crippen molar-refractivity contribution in [3.05, 3.63) is 97.2 Å². The molecule has 0 aromatic heterocycles. The number of ether oxygens (including phenoxy) is 3. The summed E-state index contributed by atoms with van der Waals surface area (Å²) >= 11 is 0. The van der Waals surface area contributed by atoms with Crippen molar-refractivity contribution in [3.8, 4) is 0 Å². The Morgan fingerprint density at radius 2 is 0.677 bits per heavy atom. The van der Waals surface area contributed by atoms with Crippen molar-refractivity contribution in [3.63, 3.8) is 0 Å². The van der Waals surface area contributed by atoms with E-state index in [1.165, 1.54) is 77.0 Å². The first-order valence-corrected chi connectivity index (χ1v) is 26.8. The molecule has 6 nitrogen and oxygen atoms in total. The molecule has 0 saturated heterocycles. The molecule has 0 saturated carbocycles. The highest BCUT2D eigenvalue weighted by atomic mass is 16.6. The monoisotopic (exact) mass is 903 g/mol. The Kier molecular flexibility index (Phi) is 50.0. The first kappa shape index (κ1) is 61.3. The summed E-state index contributed by atoms with van der Waals surface area (Å²) in [5.41, 5.74) is 0. The van der Waals surface area contributed by atoms with Crippen LogP contribution in [0.2, 0.25) is 0 Å². The zero-order valence-corrected chi connectivity index (χ0v) is 42.2. The second-order valence-corrected chi connectivity index (χ2v) is 17.5. The topological polar surface area (TPSA) is 78.9 Å². The Labute approximate surface area is 400 Å². The molecule has 0 amide bonds. The lowest BCUT2D eigenvalue weighted by molar-refractivity contribution is -0.167. The SMILES string of the molecule is CC\C=C/C=C\C=C/CCCCCCCCCC(=O)OC(COC(=O)CCCCCCC\C=C/C=C\C=C/CCCCCCC)COC(=O)CCCCCCCCC/C=C\C/C=C\CC. The van der Waals surface area contributed by atoms with Crippen LogP contribution in [0.5, 0.6) is 0 Å². The van der Waals surface area contributed by atoms with Crippen molar-refractivity contribution >= 4 is 17.9 Å². The summed E-state index contributed by atoms with van der Waals surface area (Å²) in [6.07, 6.45) is 69.6. The van der Waals surface area contributed by atoms with Gasteiger partial charge in [-0.3, -0.25) is 14.4 Å². The van der Waals surface area contributed by atoms with Gasteiger partial charge in [-0.05, 0) is 89.9 Å². The van der Waals surface area contributed by atoms with Gasteiger partial charge in [-0.25, -0.2) is 0 Å². The lowest BCUT2D eigenvalue weighted by atomic mass is 10.1. The Hall–Kier alpha value is -3.67. The summed E-state index contributed by atoms with van der Waals surface area (Å²) in [6, 6.07) is 0. The summed E-state index contributed by atoms with van der Waals surface area (Å²) < 4.78 is 16.8. The maximum absolute atomic E-state index is 12.8. The van der Waals surface area contributed by atoms with Crippen molar-refractivity contribution in [2.24, 2.45) is 0 Å². The van der Waals surface area contributed by atoms with Crippen LogP contribution in [0.25, 0.3) is 0 Å². The summed E-state index contributed by atoms with van der Waals surface area (Å²) in [7, 11) is 0. The Bertz CT molecular complexity index is 1310. The molecule has 0 rings (SSSR count). The zero-order chi connectivity index (χ0) is 47.2. The van der Waals surface area contributed by atoms with Gasteiger partial charge in [-0.2, -0.15) is 0 Å². The summed E-state index contributed by atoms with van der Waals surface area (Å²) in [4.78, 5) is 38.1. The standard InChI is InChI=1S/C59H98O6/c1-4-7-10-13-16-19-22-25-28-29-30-32-34-37-40-43-46-49-52-58(61)64-55-56(54-63-57(60)51-48-45-42-39-36-33-27-24-21-18-15-12-9-6-3)65-59(62)53-50-47-44-41-38-35-31-26-23-20-17-14-11-8-5-2/h8-9,11-12,14,17-18,20-23,25,28-30,32,56H,4-7,10,13,15-16,19,24,26-27,31,33-55H2,1-3H3/b11-8-,12-9-,17-14-,21-18-,23-20-,25-22-,29-28-,32-30-. The molecule has 1 atom stereocenters. The molecule has 0 N–H and O–H groups in total. The number of allylic oxidation sites excluding steroid dienone is 16. The normalized spacial score (nSPS) is 12.8. The van der Waals surface area contributed by atoms with Gasteiger partial charge >= 0.3 is 17.9 Å². The van der Waals surface area contributed by atoms with Crippen molar-refractivity contribution in [1.82, 2.24) is 0 Å². The molecule has 6 heteroatoms. The van der Waals surface area contributed by atoms with Gasteiger partial charge in [-0.1, -0.05) is 227 Å². The molecule has 0 bridgehead atoms. The second-order valence-electron chi connectivity index (χ2n) is 17.5. The minimum Gasteiger partial charge on any atom is -0.462 e. The van der Waals surface area contributed by atoms with Gasteiger partial charge in [0.05, 0.1) is 0 Å². The van der Waals surface area contributed by atoms with Crippen LogP contribution in [0.4, 0.5) is 0 Å². The predicted octanol–water partition coefficient (Wildman–Crippen LogP) is 17.8. The van der Waals surface area contributed by atoms with Gasteiger partial charge in [0.15, 0.2) is 6.10 Å². The van der Waals surface area contributed by atoms with Crippen LogP contribution in [0.3, 0.4) is 0 Å². The van der Waals surface area contributed by atoms with E-state index in [-0.39, 0.29) is 31.1 Å². The molecular formula is C59H98O6. The van der Waals surface area contributed by atoms with Gasteiger partial charge in [-0.15, -0.1) is 0 Å². The van der Waals surface area contributed by atoms with Crippen LogP contribution in [0.1, 0.15) is 239 Å². The van der Waals surface area contributed by atoms with E-state index in [2.05, 4.69) is 118 Å². The minimum absolute atomic E-state index is 0.0945. The van der Waals surface area contributed by atoms with E-state index in [1.807, 2.05) is 0 Å². The molecular weight excluding hydrogens is 805 g/mol. The van der Waals surface area contributed by atoms with E-state index < -0.39 is 6.10 Å². The van der Waals surface area contributed by atoms with E-state index in [1.54, 1.807) is 0 Å². The van der Waals surface area contributed by atoms with Gasteiger partial charge in [0.1, 0.15) is 13.2 Å². The molecule has 0 heterocycles. The molecule has 0 radical (unpaired) electrons. The Morgan fingerprint density at radius 1 is 0.338 bits per heavy atom. The van der Waals surface area contributed by atoms with Crippen molar-refractivity contribution in [2.75, 3.05) is 13.2 Å². The van der Waals surface area contributed by atoms with Crippen molar-refractivity contribution < 1.29 is 28.6 Å². The van der Waals surface area contributed by atoms with Gasteiger partial charge < -0.3 is 14.2 Å². The third-order valence-electron chi connectivity index (χ3n) is 11.2. The molecule has 65 heavy (non-hydrogen) atoms. The highest BCUT2D eigenvalue weighted by Crippen LogP contribution is 2.14. The lowest BCUT2D eigenvalue weighted by Crippen LogP contribution is -2.30. The van der Waals surface area contributed by atoms with Crippen molar-refractivity contribution in [2.45, 2.75) is 245 Å². The first-order valence-electron chi connectivity index (χ1n) is 26.8. The van der Waals surface area contributed by atoms with Crippen LogP contribution in [0.15, 0.2) is 97.2 Å². The van der Waals surface area contributed by atoms with Crippen LogP contribution in [-0.2, 0) is 28.6 Å². The summed E-state index contributed by atoms with van der Waals surface area (Å²) in [5, 5.41) is 0. The number of hydrogen-bond acceptors (Lipinski definition) is 6. The van der Waals surface area contributed by atoms with Crippen LogP contribution < -0.4 is 0 Å². The number of carbonyl (C=O) groups excluding carboxylic acids is 3. The van der Waals surface area contributed by atoms with Gasteiger partial charge in [0, 0.05) is 19.3 Å². The van der Waals surface area contributed by atoms with Crippen LogP contribution >= 0.6 is 0 Å². The van der Waals surface area contributed by atoms with E-state index in [4.69, 9.17) is 14.2 Å². The first-order chi connectivity index (χ1) is 32.0. The smallest absolute Gasteiger partial charge is 0.306 e.